The Bertz CT molecular complexity index is 670. The number of amides is 2. The second kappa shape index (κ2) is 7.40. The fraction of sp³-hybridized carbons (Fsp3) is 0.765. The van der Waals surface area contributed by atoms with Crippen LogP contribution in [0.4, 0.5) is 0 Å². The normalized spacial score (nSPS) is 36.9. The van der Waals surface area contributed by atoms with Crippen molar-refractivity contribution >= 4 is 35.3 Å². The second-order valence-corrected chi connectivity index (χ2v) is 8.95. The molecule has 9 nitrogen and oxygen atoms in total. The number of carboxylic acid groups (broad SMARTS) is 1. The monoisotopic (exact) mass is 402 g/mol. The van der Waals surface area contributed by atoms with Crippen LogP contribution in [0.15, 0.2) is 0 Å². The molecule has 2 amide bonds. The van der Waals surface area contributed by atoms with E-state index in [1.165, 1.54) is 13.8 Å². The molecule has 2 saturated heterocycles. The highest BCUT2D eigenvalue weighted by Crippen LogP contribution is 2.49. The van der Waals surface area contributed by atoms with Gasteiger partial charge in [0, 0.05) is 12.7 Å². The molecule has 2 rings (SSSR count). The second-order valence-electron chi connectivity index (χ2n) is 7.55. The Morgan fingerprint density at radius 3 is 2.37 bits per heavy atom. The number of thioether (sulfide) groups is 1. The first-order chi connectivity index (χ1) is 12.4. The lowest BCUT2D eigenvalue weighted by atomic mass is 9.78. The number of ether oxygens (including phenoxy) is 1. The minimum absolute atomic E-state index is 0.113. The number of carbonyl (C=O) groups is 4. The van der Waals surface area contributed by atoms with Gasteiger partial charge in [-0.2, -0.15) is 0 Å². The van der Waals surface area contributed by atoms with Crippen LogP contribution in [0.25, 0.3) is 0 Å². The van der Waals surface area contributed by atoms with Gasteiger partial charge in [0.15, 0.2) is 10.5 Å². The standard InChI is InChI=1S/C17H26N2O7S/c1-7(2)12-17(11(21)8(3)13(22)19-17)15(25)16(5,26-12)27-6-10(14(23)24)18-9(4)20/h7-8,10-12,21H,6H2,1-5H3,(H,18,20)(H,19,22)(H,23,24)/t8-,10+,11+,12+,16+,17+/m1/s1. The molecule has 1 spiro atoms. The molecule has 27 heavy (non-hydrogen) atoms. The van der Waals surface area contributed by atoms with Crippen LogP contribution in [0.2, 0.25) is 0 Å². The van der Waals surface area contributed by atoms with Crippen LogP contribution in [-0.2, 0) is 23.9 Å². The van der Waals surface area contributed by atoms with E-state index in [9.17, 15) is 29.4 Å². The Morgan fingerprint density at radius 2 is 1.96 bits per heavy atom. The van der Waals surface area contributed by atoms with Crippen LogP contribution in [0.3, 0.4) is 0 Å². The van der Waals surface area contributed by atoms with Crippen molar-refractivity contribution < 1.29 is 34.1 Å². The number of rotatable bonds is 6. The predicted octanol–water partition coefficient (Wildman–Crippen LogP) is -0.485. The molecule has 0 unspecified atom stereocenters. The van der Waals surface area contributed by atoms with E-state index in [4.69, 9.17) is 4.74 Å². The van der Waals surface area contributed by atoms with E-state index < -0.39 is 58.2 Å². The van der Waals surface area contributed by atoms with Gasteiger partial charge in [-0.3, -0.25) is 14.4 Å². The molecule has 0 aromatic heterocycles. The number of ketones is 1. The Morgan fingerprint density at radius 1 is 1.37 bits per heavy atom. The van der Waals surface area contributed by atoms with E-state index in [1.54, 1.807) is 6.92 Å². The van der Waals surface area contributed by atoms with Crippen LogP contribution in [0.1, 0.15) is 34.6 Å². The maximum atomic E-state index is 13.3. The van der Waals surface area contributed by atoms with Gasteiger partial charge in [0.25, 0.3) is 0 Å². The van der Waals surface area contributed by atoms with Crippen LogP contribution < -0.4 is 10.6 Å². The maximum absolute atomic E-state index is 13.3. The SMILES string of the molecule is CC(=O)N[C@@H](CS[C@]1(C)O[C@@H](C(C)C)[C@]2(NC(=O)[C@H](C)[C@@H]2O)C1=O)C(=O)O. The highest BCUT2D eigenvalue weighted by Gasteiger charge is 2.70. The average Bonchev–Trinajstić information content (AvgIpc) is 2.92. The summed E-state index contributed by atoms with van der Waals surface area (Å²) in [4.78, 5) is 46.5. The predicted molar refractivity (Wildman–Crippen MR) is 96.9 cm³/mol. The van der Waals surface area contributed by atoms with Crippen molar-refractivity contribution in [2.24, 2.45) is 11.8 Å². The van der Waals surface area contributed by atoms with Crippen LogP contribution in [-0.4, -0.2) is 68.3 Å². The van der Waals surface area contributed by atoms with E-state index in [0.717, 1.165) is 11.8 Å². The number of aliphatic carboxylic acids is 1. The zero-order valence-electron chi connectivity index (χ0n) is 15.9. The lowest BCUT2D eigenvalue weighted by Gasteiger charge is -2.33. The summed E-state index contributed by atoms with van der Waals surface area (Å²) in [6, 6.07) is -1.20. The number of hydrogen-bond donors (Lipinski definition) is 4. The maximum Gasteiger partial charge on any atom is 0.327 e. The van der Waals surface area contributed by atoms with E-state index in [-0.39, 0.29) is 11.7 Å². The van der Waals surface area contributed by atoms with Crippen molar-refractivity contribution in [2.45, 2.75) is 63.3 Å². The van der Waals surface area contributed by atoms with Crippen LogP contribution in [0, 0.1) is 11.8 Å². The highest BCUT2D eigenvalue weighted by molar-refractivity contribution is 8.01. The molecule has 4 N–H and O–H groups in total. The van der Waals surface area contributed by atoms with Gasteiger partial charge < -0.3 is 25.6 Å². The number of aliphatic hydroxyl groups excluding tert-OH is 1. The van der Waals surface area contributed by atoms with Gasteiger partial charge in [-0.15, -0.1) is 11.8 Å². The van der Waals surface area contributed by atoms with Gasteiger partial charge in [0.05, 0.1) is 18.1 Å². The molecule has 0 aromatic rings. The van der Waals surface area contributed by atoms with E-state index in [0.29, 0.717) is 0 Å². The Balaban J connectivity index is 2.30. The van der Waals surface area contributed by atoms with Crippen molar-refractivity contribution in [1.29, 1.82) is 0 Å². The summed E-state index contributed by atoms with van der Waals surface area (Å²) < 4.78 is 6.00. The molecule has 0 aliphatic carbocycles. The van der Waals surface area contributed by atoms with Gasteiger partial charge in [0.1, 0.15) is 6.04 Å². The number of aliphatic hydroxyl groups is 1. The number of carbonyl (C=O) groups excluding carboxylic acids is 3. The quantitative estimate of drug-likeness (QED) is 0.466. The van der Waals surface area contributed by atoms with Gasteiger partial charge in [-0.1, -0.05) is 20.8 Å². The molecule has 0 radical (unpaired) electrons. The first-order valence-electron chi connectivity index (χ1n) is 8.73. The fourth-order valence-electron chi connectivity index (χ4n) is 3.68. The summed E-state index contributed by atoms with van der Waals surface area (Å²) in [5.74, 6) is -3.74. The molecule has 0 saturated carbocycles. The molecule has 0 bridgehead atoms. The van der Waals surface area contributed by atoms with Crippen molar-refractivity contribution in [2.75, 3.05) is 5.75 Å². The first-order valence-corrected chi connectivity index (χ1v) is 9.72. The van der Waals surface area contributed by atoms with E-state index >= 15 is 0 Å². The lowest BCUT2D eigenvalue weighted by Crippen LogP contribution is -2.62. The number of carboxylic acids is 1. The largest absolute Gasteiger partial charge is 0.480 e. The third-order valence-corrected chi connectivity index (χ3v) is 6.41. The van der Waals surface area contributed by atoms with E-state index in [1.807, 2.05) is 13.8 Å². The summed E-state index contributed by atoms with van der Waals surface area (Å²) in [6.45, 7) is 7.87. The summed E-state index contributed by atoms with van der Waals surface area (Å²) in [5, 5.41) is 24.9. The van der Waals surface area contributed by atoms with Crippen molar-refractivity contribution in [3.63, 3.8) is 0 Å². The molecule has 2 heterocycles. The average molecular weight is 402 g/mol. The number of nitrogens with one attached hydrogen (secondary N) is 2. The summed E-state index contributed by atoms with van der Waals surface area (Å²) in [5.41, 5.74) is -1.57. The zero-order valence-corrected chi connectivity index (χ0v) is 16.8. The highest BCUT2D eigenvalue weighted by atomic mass is 32.2. The smallest absolute Gasteiger partial charge is 0.327 e. The van der Waals surface area contributed by atoms with Gasteiger partial charge >= 0.3 is 5.97 Å². The van der Waals surface area contributed by atoms with Crippen molar-refractivity contribution in [1.82, 2.24) is 10.6 Å². The third-order valence-electron chi connectivity index (χ3n) is 5.08. The molecule has 2 aliphatic rings. The van der Waals surface area contributed by atoms with E-state index in [2.05, 4.69) is 10.6 Å². The molecular formula is C17H26N2O7S. The molecule has 10 heteroatoms. The summed E-state index contributed by atoms with van der Waals surface area (Å²) >= 11 is 0.930. The third kappa shape index (κ3) is 3.57. The van der Waals surface area contributed by atoms with Crippen molar-refractivity contribution in [3.05, 3.63) is 0 Å². The van der Waals surface area contributed by atoms with Crippen molar-refractivity contribution in [3.8, 4) is 0 Å². The Kier molecular flexibility index (Phi) is 5.93. The topological polar surface area (TPSA) is 142 Å². The molecule has 2 fully saturated rings. The lowest BCUT2D eigenvalue weighted by molar-refractivity contribution is -0.140. The van der Waals surface area contributed by atoms with Crippen LogP contribution in [0.5, 0.6) is 0 Å². The Labute approximate surface area is 161 Å². The molecule has 0 aromatic carbocycles. The number of hydrogen-bond acceptors (Lipinski definition) is 7. The molecule has 152 valence electrons. The van der Waals surface area contributed by atoms with Gasteiger partial charge in [0.2, 0.25) is 17.6 Å². The van der Waals surface area contributed by atoms with Gasteiger partial charge in [-0.05, 0) is 12.8 Å². The number of Topliss-reactive ketones (excluding diaryl/α,β-unsaturated/α-hetero) is 1. The first kappa shape index (κ1) is 21.6. The van der Waals surface area contributed by atoms with Gasteiger partial charge in [-0.25, -0.2) is 4.79 Å². The summed E-state index contributed by atoms with van der Waals surface area (Å²) in [6.07, 6.45) is -2.02. The molecule has 2 aliphatic heterocycles. The zero-order chi connectivity index (χ0) is 20.7. The minimum Gasteiger partial charge on any atom is -0.480 e. The van der Waals surface area contributed by atoms with Crippen LogP contribution >= 0.6 is 11.8 Å². The molecule has 6 atom stereocenters. The summed E-state index contributed by atoms with van der Waals surface area (Å²) in [7, 11) is 0. The fourth-order valence-corrected chi connectivity index (χ4v) is 4.86. The Hall–Kier alpha value is -1.65. The molecular weight excluding hydrogens is 376 g/mol. The minimum atomic E-state index is -1.57.